The molecule has 5 rings (SSSR count). The van der Waals surface area contributed by atoms with Gasteiger partial charge in [-0.3, -0.25) is 4.90 Å². The summed E-state index contributed by atoms with van der Waals surface area (Å²) in [4.78, 5) is 2.47. The van der Waals surface area contributed by atoms with Gasteiger partial charge in [0.15, 0.2) is 0 Å². The predicted molar refractivity (Wildman–Crippen MR) is 116 cm³/mol. The van der Waals surface area contributed by atoms with Crippen molar-refractivity contribution in [1.82, 2.24) is 4.90 Å². The summed E-state index contributed by atoms with van der Waals surface area (Å²) in [6.45, 7) is 13.6. The van der Waals surface area contributed by atoms with Crippen LogP contribution in [0.2, 0.25) is 0 Å². The first-order valence-corrected chi connectivity index (χ1v) is 11.6. The van der Waals surface area contributed by atoms with Crippen molar-refractivity contribution in [2.75, 3.05) is 20.4 Å². The standard InChI is InChI=1S/C26H39NO/c1-6-20-12-14-26(4)22-9-8-21-18(15-19(22)11-13-25(20,26)3)7-10-23-24(21,2)16-28-17-27(23)5/h6,11,15,20-23H,1,7-10,12-14,16-17H2,2-5H3/t20-,21+,22+,23-,24-,25+,26-/m0/s1. The summed E-state index contributed by atoms with van der Waals surface area (Å²) in [5, 5.41) is 0. The van der Waals surface area contributed by atoms with Crippen LogP contribution in [0.4, 0.5) is 0 Å². The van der Waals surface area contributed by atoms with Crippen LogP contribution in [-0.4, -0.2) is 31.3 Å². The molecule has 0 aromatic rings. The lowest BCUT2D eigenvalue weighted by atomic mass is 9.52. The van der Waals surface area contributed by atoms with Gasteiger partial charge in [-0.15, -0.1) is 6.58 Å². The zero-order chi connectivity index (χ0) is 19.7. The largest absolute Gasteiger partial charge is 0.365 e. The number of hydrogen-bond donors (Lipinski definition) is 0. The first-order chi connectivity index (χ1) is 13.3. The molecule has 0 amide bonds. The van der Waals surface area contributed by atoms with Gasteiger partial charge in [-0.1, -0.05) is 44.6 Å². The third kappa shape index (κ3) is 2.34. The highest BCUT2D eigenvalue weighted by atomic mass is 16.5. The topological polar surface area (TPSA) is 12.5 Å². The maximum atomic E-state index is 6.07. The van der Waals surface area contributed by atoms with E-state index in [0.29, 0.717) is 28.7 Å². The van der Waals surface area contributed by atoms with E-state index in [-0.39, 0.29) is 5.41 Å². The van der Waals surface area contributed by atoms with E-state index in [1.807, 2.05) is 0 Å². The average Bonchev–Trinajstić information content (AvgIpc) is 2.80. The smallest absolute Gasteiger partial charge is 0.0990 e. The van der Waals surface area contributed by atoms with Crippen LogP contribution in [0.1, 0.15) is 65.7 Å². The molecule has 3 fully saturated rings. The van der Waals surface area contributed by atoms with E-state index in [4.69, 9.17) is 4.74 Å². The second-order valence-corrected chi connectivity index (χ2v) is 11.3. The molecule has 0 aromatic heterocycles. The summed E-state index contributed by atoms with van der Waals surface area (Å²) >= 11 is 0. The van der Waals surface area contributed by atoms with Crippen LogP contribution in [0.5, 0.6) is 0 Å². The molecule has 0 aromatic carbocycles. The van der Waals surface area contributed by atoms with Crippen molar-refractivity contribution < 1.29 is 4.74 Å². The Hall–Kier alpha value is -0.860. The van der Waals surface area contributed by atoms with Gasteiger partial charge in [-0.05, 0) is 86.2 Å². The highest BCUT2D eigenvalue weighted by Crippen LogP contribution is 2.67. The molecule has 5 aliphatic rings. The van der Waals surface area contributed by atoms with E-state index in [2.05, 4.69) is 57.5 Å². The molecule has 1 aliphatic heterocycles. The van der Waals surface area contributed by atoms with Crippen LogP contribution in [0, 0.1) is 34.0 Å². The lowest BCUT2D eigenvalue weighted by molar-refractivity contribution is -0.143. The molecule has 2 nitrogen and oxygen atoms in total. The maximum Gasteiger partial charge on any atom is 0.0990 e. The van der Waals surface area contributed by atoms with E-state index in [9.17, 15) is 0 Å². The summed E-state index contributed by atoms with van der Waals surface area (Å²) < 4.78 is 6.07. The molecule has 0 bridgehead atoms. The Morgan fingerprint density at radius 2 is 1.89 bits per heavy atom. The Morgan fingerprint density at radius 3 is 2.68 bits per heavy atom. The first-order valence-electron chi connectivity index (χ1n) is 11.6. The van der Waals surface area contributed by atoms with E-state index < -0.39 is 0 Å². The Balaban J connectivity index is 1.51. The van der Waals surface area contributed by atoms with Crippen LogP contribution in [0.3, 0.4) is 0 Å². The molecular formula is C26H39NO. The second-order valence-electron chi connectivity index (χ2n) is 11.3. The van der Waals surface area contributed by atoms with Gasteiger partial charge in [-0.25, -0.2) is 0 Å². The van der Waals surface area contributed by atoms with Gasteiger partial charge >= 0.3 is 0 Å². The fraction of sp³-hybridized carbons (Fsp3) is 0.769. The summed E-state index contributed by atoms with van der Waals surface area (Å²) in [5.41, 5.74) is 4.48. The predicted octanol–water partition coefficient (Wildman–Crippen LogP) is 5.97. The number of allylic oxidation sites excluding steroid dienone is 5. The minimum atomic E-state index is 0.272. The summed E-state index contributed by atoms with van der Waals surface area (Å²) in [6, 6.07) is 0.676. The molecule has 4 aliphatic carbocycles. The van der Waals surface area contributed by atoms with E-state index >= 15 is 0 Å². The van der Waals surface area contributed by atoms with Crippen molar-refractivity contribution in [2.24, 2.45) is 34.0 Å². The van der Waals surface area contributed by atoms with Crippen LogP contribution in [0.15, 0.2) is 36.0 Å². The highest BCUT2D eigenvalue weighted by Gasteiger charge is 2.59. The minimum Gasteiger partial charge on any atom is -0.365 e. The highest BCUT2D eigenvalue weighted by molar-refractivity contribution is 5.37. The van der Waals surface area contributed by atoms with E-state index in [0.717, 1.165) is 19.3 Å². The quantitative estimate of drug-likeness (QED) is 0.519. The molecule has 0 N–H and O–H groups in total. The van der Waals surface area contributed by atoms with E-state index in [1.54, 1.807) is 11.1 Å². The monoisotopic (exact) mass is 381 g/mol. The van der Waals surface area contributed by atoms with Crippen molar-refractivity contribution in [3.05, 3.63) is 36.0 Å². The summed E-state index contributed by atoms with van der Waals surface area (Å²) in [6.07, 6.45) is 16.7. The lowest BCUT2D eigenvalue weighted by Crippen LogP contribution is -2.58. The average molecular weight is 382 g/mol. The lowest BCUT2D eigenvalue weighted by Gasteiger charge is -2.54. The molecule has 7 atom stereocenters. The van der Waals surface area contributed by atoms with Crippen molar-refractivity contribution in [3.8, 4) is 0 Å². The van der Waals surface area contributed by atoms with Crippen LogP contribution in [0.25, 0.3) is 0 Å². The fourth-order valence-corrected chi connectivity index (χ4v) is 8.42. The Bertz CT molecular complexity index is 737. The molecule has 0 radical (unpaired) electrons. The number of nitrogens with zero attached hydrogens (tertiary/aromatic N) is 1. The Morgan fingerprint density at radius 1 is 1.11 bits per heavy atom. The molecule has 2 heteroatoms. The van der Waals surface area contributed by atoms with Gasteiger partial charge in [0, 0.05) is 11.5 Å². The van der Waals surface area contributed by atoms with Gasteiger partial charge in [0.2, 0.25) is 0 Å². The molecule has 154 valence electrons. The summed E-state index contributed by atoms with van der Waals surface area (Å²) in [7, 11) is 2.26. The van der Waals surface area contributed by atoms with Gasteiger partial charge in [-0.2, -0.15) is 0 Å². The molecule has 1 saturated heterocycles. The fourth-order valence-electron chi connectivity index (χ4n) is 8.42. The molecule has 0 spiro atoms. The molecular weight excluding hydrogens is 342 g/mol. The van der Waals surface area contributed by atoms with Crippen molar-refractivity contribution in [1.29, 1.82) is 0 Å². The van der Waals surface area contributed by atoms with Gasteiger partial charge in [0.1, 0.15) is 0 Å². The van der Waals surface area contributed by atoms with Gasteiger partial charge in [0.25, 0.3) is 0 Å². The number of hydrogen-bond acceptors (Lipinski definition) is 2. The number of ether oxygens (including phenoxy) is 1. The normalized spacial score (nSPS) is 51.0. The van der Waals surface area contributed by atoms with Gasteiger partial charge < -0.3 is 4.74 Å². The van der Waals surface area contributed by atoms with Crippen LogP contribution in [-0.2, 0) is 4.74 Å². The Labute approximate surface area is 172 Å². The number of fused-ring (bicyclic) bond motifs is 6. The zero-order valence-corrected chi connectivity index (χ0v) is 18.5. The second kappa shape index (κ2) is 6.32. The SMILES string of the molecule is C=C[C@H]1CC[C@@]2(C)[C@@H]3CC[C@@H]4C(=CC3=CC[C@]12C)CC[C@@H]1N(C)COC[C@@]41C. The van der Waals surface area contributed by atoms with E-state index in [1.165, 1.54) is 44.9 Å². The third-order valence-electron chi connectivity index (χ3n) is 10.4. The number of rotatable bonds is 1. The minimum absolute atomic E-state index is 0.272. The Kier molecular flexibility index (Phi) is 4.31. The third-order valence-corrected chi connectivity index (χ3v) is 10.4. The van der Waals surface area contributed by atoms with Crippen molar-refractivity contribution in [2.45, 2.75) is 71.8 Å². The maximum absolute atomic E-state index is 6.07. The molecule has 2 saturated carbocycles. The van der Waals surface area contributed by atoms with Gasteiger partial charge in [0.05, 0.1) is 13.3 Å². The summed E-state index contributed by atoms with van der Waals surface area (Å²) in [5.74, 6) is 2.08. The molecule has 28 heavy (non-hydrogen) atoms. The zero-order valence-electron chi connectivity index (χ0n) is 18.5. The van der Waals surface area contributed by atoms with Crippen LogP contribution < -0.4 is 0 Å². The molecule has 0 unspecified atom stereocenters. The van der Waals surface area contributed by atoms with Crippen LogP contribution >= 0.6 is 0 Å². The molecule has 1 heterocycles. The first kappa shape index (κ1) is 19.1. The van der Waals surface area contributed by atoms with Crippen molar-refractivity contribution in [3.63, 3.8) is 0 Å². The van der Waals surface area contributed by atoms with Crippen molar-refractivity contribution >= 4 is 0 Å².